The van der Waals surface area contributed by atoms with Crippen molar-refractivity contribution in [3.8, 4) is 0 Å². The van der Waals surface area contributed by atoms with Crippen molar-refractivity contribution in [1.82, 2.24) is 9.97 Å². The maximum atomic E-state index is 11.6. The molecule has 0 atom stereocenters. The molecule has 1 amide bonds. The summed E-state index contributed by atoms with van der Waals surface area (Å²) in [6, 6.07) is 0. The van der Waals surface area contributed by atoms with Crippen molar-refractivity contribution >= 4 is 50.7 Å². The van der Waals surface area contributed by atoms with Gasteiger partial charge in [0.1, 0.15) is 12.0 Å². The van der Waals surface area contributed by atoms with Gasteiger partial charge in [-0.1, -0.05) is 39.1 Å². The van der Waals surface area contributed by atoms with Crippen molar-refractivity contribution in [2.24, 2.45) is 0 Å². The number of halogens is 3. The minimum absolute atomic E-state index is 0.111. The molecule has 0 fully saturated rings. The fraction of sp³-hybridized carbons (Fsp3) is 0.375. The summed E-state index contributed by atoms with van der Waals surface area (Å²) in [5, 5.41) is 2.77. The molecule has 0 bridgehead atoms. The molecule has 0 aliphatic heterocycles. The van der Waals surface area contributed by atoms with Gasteiger partial charge in [0.15, 0.2) is 10.3 Å². The highest BCUT2D eigenvalue weighted by Gasteiger charge is 2.25. The molecule has 0 radical (unpaired) electrons. The maximum Gasteiger partial charge on any atom is 0.240 e. The van der Waals surface area contributed by atoms with Gasteiger partial charge in [-0.15, -0.1) is 0 Å². The molecule has 7 heteroatoms. The number of alkyl halides is 1. The van der Waals surface area contributed by atoms with Crippen molar-refractivity contribution in [3.05, 3.63) is 16.6 Å². The average Bonchev–Trinajstić information content (AvgIpc) is 2.09. The predicted octanol–water partition coefficient (Wildman–Crippen LogP) is 2.90. The van der Waals surface area contributed by atoms with E-state index in [9.17, 15) is 4.79 Å². The third-order valence-corrected chi connectivity index (χ3v) is 2.47. The summed E-state index contributed by atoms with van der Waals surface area (Å²) in [6.45, 7) is 3.40. The molecule has 1 N–H and O–H groups in total. The molecule has 1 rings (SSSR count). The average molecular weight is 313 g/mol. The zero-order valence-electron chi connectivity index (χ0n) is 8.01. The van der Waals surface area contributed by atoms with Crippen molar-refractivity contribution in [1.29, 1.82) is 0 Å². The second-order valence-electron chi connectivity index (χ2n) is 3.26. The van der Waals surface area contributed by atoms with Crippen LogP contribution in [-0.2, 0) is 4.79 Å². The highest BCUT2D eigenvalue weighted by Crippen LogP contribution is 2.27. The molecule has 0 aliphatic rings. The Kier molecular flexibility index (Phi) is 3.92. The fourth-order valence-electron chi connectivity index (χ4n) is 0.710. The van der Waals surface area contributed by atoms with Gasteiger partial charge in [-0.25, -0.2) is 9.97 Å². The number of anilines is 1. The fourth-order valence-corrected chi connectivity index (χ4v) is 1.22. The smallest absolute Gasteiger partial charge is 0.240 e. The monoisotopic (exact) mass is 311 g/mol. The third kappa shape index (κ3) is 3.29. The second-order valence-corrected chi connectivity index (χ2v) is 5.96. The van der Waals surface area contributed by atoms with Crippen LogP contribution in [0.3, 0.4) is 0 Å². The van der Waals surface area contributed by atoms with Gasteiger partial charge >= 0.3 is 0 Å². The number of amides is 1. The molecule has 0 saturated heterocycles. The van der Waals surface area contributed by atoms with Crippen molar-refractivity contribution in [2.75, 3.05) is 5.32 Å². The van der Waals surface area contributed by atoms with Crippen molar-refractivity contribution < 1.29 is 4.79 Å². The first-order valence-electron chi connectivity index (χ1n) is 3.98. The highest BCUT2D eigenvalue weighted by molar-refractivity contribution is 9.10. The summed E-state index contributed by atoms with van der Waals surface area (Å²) in [5.74, 6) is -0.277. The van der Waals surface area contributed by atoms with E-state index in [1.807, 2.05) is 0 Å². The van der Waals surface area contributed by atoms with Crippen LogP contribution in [-0.4, -0.2) is 20.2 Å². The van der Waals surface area contributed by atoms with E-state index >= 15 is 0 Å². The first kappa shape index (κ1) is 12.7. The van der Waals surface area contributed by atoms with Crippen molar-refractivity contribution in [3.63, 3.8) is 0 Å². The van der Waals surface area contributed by atoms with Gasteiger partial charge in [-0.3, -0.25) is 4.79 Å². The number of carbonyl (C=O) groups is 1. The van der Waals surface area contributed by atoms with Gasteiger partial charge in [-0.2, -0.15) is 0 Å². The molecule has 15 heavy (non-hydrogen) atoms. The molecule has 0 aliphatic carbocycles. The Morgan fingerprint density at radius 3 is 2.27 bits per heavy atom. The lowest BCUT2D eigenvalue weighted by atomic mass is 10.2. The van der Waals surface area contributed by atoms with Gasteiger partial charge in [-0.05, 0) is 13.8 Å². The molecule has 0 unspecified atom stereocenters. The Balaban J connectivity index is 2.95. The summed E-state index contributed by atoms with van der Waals surface area (Å²) in [6.07, 6.45) is 1.22. The highest BCUT2D eigenvalue weighted by atomic mass is 79.9. The first-order chi connectivity index (χ1) is 6.82. The van der Waals surface area contributed by atoms with Crippen LogP contribution in [0, 0.1) is 0 Å². The van der Waals surface area contributed by atoms with Crippen LogP contribution in [0.25, 0.3) is 0 Å². The van der Waals surface area contributed by atoms with Crippen LogP contribution < -0.4 is 5.32 Å². The molecule has 0 aromatic carbocycles. The Labute approximate surface area is 106 Å². The van der Waals surface area contributed by atoms with E-state index in [2.05, 4.69) is 31.2 Å². The molecule has 0 spiro atoms. The SMILES string of the molecule is CC(C)(Br)C(=O)Nc1c(Cl)ncnc1Cl. The van der Waals surface area contributed by atoms with Crippen LogP contribution in [0.1, 0.15) is 13.8 Å². The largest absolute Gasteiger partial charge is 0.320 e. The number of hydrogen-bond donors (Lipinski definition) is 1. The molecule has 1 aromatic heterocycles. The minimum atomic E-state index is -0.713. The van der Waals surface area contributed by atoms with Crippen LogP contribution in [0.4, 0.5) is 5.69 Å². The lowest BCUT2D eigenvalue weighted by molar-refractivity contribution is -0.117. The normalized spacial score (nSPS) is 11.3. The van der Waals surface area contributed by atoms with E-state index < -0.39 is 4.32 Å². The molecular weight excluding hydrogens is 305 g/mol. The van der Waals surface area contributed by atoms with Crippen molar-refractivity contribution in [2.45, 2.75) is 18.2 Å². The van der Waals surface area contributed by atoms with Crippen LogP contribution in [0.2, 0.25) is 10.3 Å². The molecule has 1 heterocycles. The number of aromatic nitrogens is 2. The van der Waals surface area contributed by atoms with E-state index in [-0.39, 0.29) is 21.9 Å². The molecule has 82 valence electrons. The van der Waals surface area contributed by atoms with E-state index in [0.717, 1.165) is 0 Å². The quantitative estimate of drug-likeness (QED) is 0.675. The second kappa shape index (κ2) is 4.63. The number of rotatable bonds is 2. The summed E-state index contributed by atoms with van der Waals surface area (Å²) in [5.41, 5.74) is 0.221. The number of nitrogens with zero attached hydrogens (tertiary/aromatic N) is 2. The van der Waals surface area contributed by atoms with E-state index in [4.69, 9.17) is 23.2 Å². The van der Waals surface area contributed by atoms with Crippen LogP contribution >= 0.6 is 39.1 Å². The number of nitrogens with one attached hydrogen (secondary N) is 1. The zero-order valence-corrected chi connectivity index (χ0v) is 11.1. The Morgan fingerprint density at radius 2 is 1.87 bits per heavy atom. The Morgan fingerprint density at radius 1 is 1.40 bits per heavy atom. The lowest BCUT2D eigenvalue weighted by Crippen LogP contribution is -2.31. The summed E-state index contributed by atoms with van der Waals surface area (Å²) in [4.78, 5) is 19.0. The summed E-state index contributed by atoms with van der Waals surface area (Å²) < 4.78 is -0.713. The molecular formula is C8H8BrCl2N3O. The van der Waals surface area contributed by atoms with E-state index in [1.165, 1.54) is 6.33 Å². The molecule has 4 nitrogen and oxygen atoms in total. The molecule has 0 saturated carbocycles. The third-order valence-electron chi connectivity index (χ3n) is 1.53. The summed E-state index contributed by atoms with van der Waals surface area (Å²) >= 11 is 14.7. The lowest BCUT2D eigenvalue weighted by Gasteiger charge is -2.16. The van der Waals surface area contributed by atoms with Gasteiger partial charge in [0.2, 0.25) is 5.91 Å². The van der Waals surface area contributed by atoms with Gasteiger partial charge in [0.25, 0.3) is 0 Å². The topological polar surface area (TPSA) is 54.9 Å². The van der Waals surface area contributed by atoms with Gasteiger partial charge < -0.3 is 5.32 Å². The molecule has 1 aromatic rings. The Hall–Kier alpha value is -0.390. The standard InChI is InChI=1S/C8H8BrCl2N3O/c1-8(2,9)7(15)14-4-5(10)12-3-13-6(4)11/h3H,1-2H3,(H,14,15). The predicted molar refractivity (Wildman–Crippen MR) is 63.7 cm³/mol. The first-order valence-corrected chi connectivity index (χ1v) is 5.53. The Bertz CT molecular complexity index is 372. The van der Waals surface area contributed by atoms with Crippen LogP contribution in [0.5, 0.6) is 0 Å². The number of hydrogen-bond acceptors (Lipinski definition) is 3. The number of carbonyl (C=O) groups excluding carboxylic acids is 1. The minimum Gasteiger partial charge on any atom is -0.320 e. The maximum absolute atomic E-state index is 11.6. The van der Waals surface area contributed by atoms with Crippen LogP contribution in [0.15, 0.2) is 6.33 Å². The van der Waals surface area contributed by atoms with Gasteiger partial charge in [0.05, 0.1) is 4.32 Å². The van der Waals surface area contributed by atoms with E-state index in [0.29, 0.717) is 0 Å². The summed E-state index contributed by atoms with van der Waals surface area (Å²) in [7, 11) is 0. The van der Waals surface area contributed by atoms with E-state index in [1.54, 1.807) is 13.8 Å². The zero-order chi connectivity index (χ0) is 11.6. The van der Waals surface area contributed by atoms with Gasteiger partial charge in [0, 0.05) is 0 Å².